The van der Waals surface area contributed by atoms with Gasteiger partial charge in [0, 0.05) is 0 Å². The maximum Gasteiger partial charge on any atom is 0.227 e. The first-order valence-corrected chi connectivity index (χ1v) is 5.49. The standard InChI is InChI=1S/C10H10N4S/c1-5-3-4-6(2)8-7(5)14-9(11)12-13-10(14)15-8/h3-4H,1-2H3,(H2,11,12). The summed E-state index contributed by atoms with van der Waals surface area (Å²) in [4.78, 5) is 0.861. The molecule has 0 fully saturated rings. The van der Waals surface area contributed by atoms with Gasteiger partial charge in [0.15, 0.2) is 0 Å². The molecule has 0 amide bonds. The number of anilines is 1. The zero-order chi connectivity index (χ0) is 10.6. The number of thiazole rings is 1. The van der Waals surface area contributed by atoms with Crippen LogP contribution in [0.4, 0.5) is 5.95 Å². The summed E-state index contributed by atoms with van der Waals surface area (Å²) < 4.78 is 3.16. The van der Waals surface area contributed by atoms with E-state index in [4.69, 9.17) is 5.73 Å². The lowest BCUT2D eigenvalue weighted by atomic mass is 10.1. The largest absolute Gasteiger partial charge is 0.368 e. The van der Waals surface area contributed by atoms with Crippen LogP contribution in [-0.2, 0) is 0 Å². The number of aromatic nitrogens is 3. The molecule has 0 aliphatic rings. The van der Waals surface area contributed by atoms with E-state index >= 15 is 0 Å². The molecule has 0 aliphatic carbocycles. The quantitative estimate of drug-likeness (QED) is 0.629. The third-order valence-electron chi connectivity index (χ3n) is 2.61. The molecule has 0 aliphatic heterocycles. The fourth-order valence-electron chi connectivity index (χ4n) is 1.83. The highest BCUT2D eigenvalue weighted by atomic mass is 32.1. The molecule has 76 valence electrons. The molecular weight excluding hydrogens is 208 g/mol. The van der Waals surface area contributed by atoms with Gasteiger partial charge in [-0.2, -0.15) is 0 Å². The van der Waals surface area contributed by atoms with Crippen molar-refractivity contribution < 1.29 is 0 Å². The average Bonchev–Trinajstić information content (AvgIpc) is 2.74. The Kier molecular flexibility index (Phi) is 1.56. The summed E-state index contributed by atoms with van der Waals surface area (Å²) in [5.74, 6) is 0.463. The van der Waals surface area contributed by atoms with Gasteiger partial charge in [0.2, 0.25) is 10.9 Å². The van der Waals surface area contributed by atoms with Crippen LogP contribution in [0.3, 0.4) is 0 Å². The molecular formula is C10H10N4S. The fourth-order valence-corrected chi connectivity index (χ4v) is 2.94. The zero-order valence-corrected chi connectivity index (χ0v) is 9.30. The normalized spacial score (nSPS) is 11.6. The lowest BCUT2D eigenvalue weighted by Gasteiger charge is -2.00. The Morgan fingerprint density at radius 3 is 2.73 bits per heavy atom. The van der Waals surface area contributed by atoms with E-state index in [9.17, 15) is 0 Å². The maximum absolute atomic E-state index is 5.80. The third kappa shape index (κ3) is 1.01. The minimum Gasteiger partial charge on any atom is -0.368 e. The van der Waals surface area contributed by atoms with Crippen LogP contribution < -0.4 is 5.73 Å². The van der Waals surface area contributed by atoms with Gasteiger partial charge in [-0.15, -0.1) is 10.2 Å². The fraction of sp³-hybridized carbons (Fsp3) is 0.200. The molecule has 0 atom stereocenters. The van der Waals surface area contributed by atoms with Crippen molar-refractivity contribution in [3.05, 3.63) is 23.3 Å². The van der Waals surface area contributed by atoms with Gasteiger partial charge in [-0.25, -0.2) is 0 Å². The Labute approximate surface area is 90.3 Å². The van der Waals surface area contributed by atoms with Crippen LogP contribution in [0.5, 0.6) is 0 Å². The van der Waals surface area contributed by atoms with Crippen LogP contribution in [0.2, 0.25) is 0 Å². The molecule has 3 aromatic rings. The SMILES string of the molecule is Cc1ccc(C)c2c1sc1nnc(N)n12. The van der Waals surface area contributed by atoms with E-state index < -0.39 is 0 Å². The summed E-state index contributed by atoms with van der Waals surface area (Å²) >= 11 is 1.63. The number of hydrogen-bond acceptors (Lipinski definition) is 4. The van der Waals surface area contributed by atoms with Crippen molar-refractivity contribution in [2.24, 2.45) is 0 Å². The number of benzene rings is 1. The van der Waals surface area contributed by atoms with Gasteiger partial charge in [0.25, 0.3) is 0 Å². The molecule has 0 unspecified atom stereocenters. The van der Waals surface area contributed by atoms with E-state index in [0.29, 0.717) is 5.95 Å². The molecule has 0 bridgehead atoms. The van der Waals surface area contributed by atoms with Gasteiger partial charge in [-0.05, 0) is 25.0 Å². The number of nitrogens with two attached hydrogens (primary N) is 1. The molecule has 0 spiro atoms. The summed E-state index contributed by atoms with van der Waals surface area (Å²) in [6.45, 7) is 4.18. The van der Waals surface area contributed by atoms with Crippen LogP contribution in [0.15, 0.2) is 12.1 Å². The molecule has 2 heterocycles. The Balaban J connectivity index is 2.68. The smallest absolute Gasteiger partial charge is 0.227 e. The Hall–Kier alpha value is -1.62. The second-order valence-corrected chi connectivity index (χ2v) is 4.63. The second kappa shape index (κ2) is 2.70. The van der Waals surface area contributed by atoms with Crippen LogP contribution >= 0.6 is 11.3 Å². The zero-order valence-electron chi connectivity index (χ0n) is 8.48. The number of hydrogen-bond donors (Lipinski definition) is 1. The monoisotopic (exact) mass is 218 g/mol. The van der Waals surface area contributed by atoms with Gasteiger partial charge < -0.3 is 5.73 Å². The van der Waals surface area contributed by atoms with E-state index in [1.807, 2.05) is 4.40 Å². The molecule has 0 saturated carbocycles. The summed E-state index contributed by atoms with van der Waals surface area (Å²) in [6, 6.07) is 4.22. The number of fused-ring (bicyclic) bond motifs is 3. The highest BCUT2D eigenvalue weighted by molar-refractivity contribution is 7.23. The number of nitrogen functional groups attached to an aromatic ring is 1. The van der Waals surface area contributed by atoms with Crippen molar-refractivity contribution in [2.45, 2.75) is 13.8 Å². The van der Waals surface area contributed by atoms with Crippen molar-refractivity contribution in [1.82, 2.24) is 14.6 Å². The van der Waals surface area contributed by atoms with Gasteiger partial charge in [0.1, 0.15) is 0 Å². The van der Waals surface area contributed by atoms with E-state index in [0.717, 1.165) is 10.5 Å². The molecule has 3 rings (SSSR count). The van der Waals surface area contributed by atoms with Crippen molar-refractivity contribution in [1.29, 1.82) is 0 Å². The van der Waals surface area contributed by atoms with E-state index in [2.05, 4.69) is 36.2 Å². The summed E-state index contributed by atoms with van der Waals surface area (Å²) in [5.41, 5.74) is 9.40. The lowest BCUT2D eigenvalue weighted by molar-refractivity contribution is 1.12. The molecule has 0 radical (unpaired) electrons. The number of rotatable bonds is 0. The van der Waals surface area contributed by atoms with Crippen molar-refractivity contribution in [3.63, 3.8) is 0 Å². The van der Waals surface area contributed by atoms with E-state index in [1.165, 1.54) is 15.8 Å². The topological polar surface area (TPSA) is 56.2 Å². The summed E-state index contributed by atoms with van der Waals surface area (Å²) in [7, 11) is 0. The number of nitrogens with zero attached hydrogens (tertiary/aromatic N) is 3. The third-order valence-corrected chi connectivity index (χ3v) is 3.77. The van der Waals surface area contributed by atoms with E-state index in [-0.39, 0.29) is 0 Å². The van der Waals surface area contributed by atoms with E-state index in [1.54, 1.807) is 11.3 Å². The molecule has 15 heavy (non-hydrogen) atoms. The average molecular weight is 218 g/mol. The summed E-state index contributed by atoms with van der Waals surface area (Å²) in [5, 5.41) is 7.92. The van der Waals surface area contributed by atoms with Gasteiger partial charge in [0.05, 0.1) is 10.2 Å². The maximum atomic E-state index is 5.80. The van der Waals surface area contributed by atoms with Crippen LogP contribution in [-0.4, -0.2) is 14.6 Å². The predicted molar refractivity (Wildman–Crippen MR) is 62.3 cm³/mol. The highest BCUT2D eigenvalue weighted by Gasteiger charge is 2.13. The van der Waals surface area contributed by atoms with Crippen molar-refractivity contribution >= 4 is 32.5 Å². The first kappa shape index (κ1) is 8.67. The molecule has 2 aromatic heterocycles. The minimum atomic E-state index is 0.463. The highest BCUT2D eigenvalue weighted by Crippen LogP contribution is 2.31. The molecule has 5 heteroatoms. The van der Waals surface area contributed by atoms with Crippen molar-refractivity contribution in [3.8, 4) is 0 Å². The number of aryl methyl sites for hydroxylation is 2. The Morgan fingerprint density at radius 1 is 1.20 bits per heavy atom. The van der Waals surface area contributed by atoms with Gasteiger partial charge >= 0.3 is 0 Å². The van der Waals surface area contributed by atoms with Crippen LogP contribution in [0.1, 0.15) is 11.1 Å². The summed E-state index contributed by atoms with van der Waals surface area (Å²) in [6.07, 6.45) is 0. The van der Waals surface area contributed by atoms with Gasteiger partial charge in [-0.3, -0.25) is 4.40 Å². The Bertz CT molecular complexity index is 665. The van der Waals surface area contributed by atoms with Gasteiger partial charge in [-0.1, -0.05) is 23.5 Å². The van der Waals surface area contributed by atoms with Crippen LogP contribution in [0.25, 0.3) is 15.2 Å². The predicted octanol–water partition coefficient (Wildman–Crippen LogP) is 2.14. The molecule has 4 nitrogen and oxygen atoms in total. The minimum absolute atomic E-state index is 0.463. The first-order chi connectivity index (χ1) is 7.18. The first-order valence-electron chi connectivity index (χ1n) is 4.68. The van der Waals surface area contributed by atoms with Crippen LogP contribution in [0, 0.1) is 13.8 Å². The molecule has 0 saturated heterocycles. The Morgan fingerprint density at radius 2 is 1.93 bits per heavy atom. The molecule has 2 N–H and O–H groups in total. The van der Waals surface area contributed by atoms with Crippen molar-refractivity contribution in [2.75, 3.05) is 5.73 Å². The molecule has 1 aromatic carbocycles. The lowest BCUT2D eigenvalue weighted by Crippen LogP contribution is -1.94. The second-order valence-electron chi connectivity index (χ2n) is 3.66.